The number of rotatable bonds is 36. The first kappa shape index (κ1) is 56.3. The molecule has 2 saturated heterocycles. The normalized spacial score (nSPS) is 28.0. The van der Waals surface area contributed by atoms with Crippen LogP contribution < -0.4 is 5.32 Å². The second-order valence-corrected chi connectivity index (χ2v) is 17.2. The van der Waals surface area contributed by atoms with Crippen molar-refractivity contribution in [2.75, 3.05) is 19.8 Å². The van der Waals surface area contributed by atoms with Gasteiger partial charge in [-0.1, -0.05) is 140 Å². The Morgan fingerprint density at radius 3 is 1.58 bits per heavy atom. The van der Waals surface area contributed by atoms with E-state index in [1.807, 2.05) is 6.08 Å². The maximum atomic E-state index is 13.1. The van der Waals surface area contributed by atoms with Gasteiger partial charge in [-0.25, -0.2) is 0 Å². The van der Waals surface area contributed by atoms with Gasteiger partial charge in [0.2, 0.25) is 5.91 Å². The van der Waals surface area contributed by atoms with Crippen LogP contribution in [0.4, 0.5) is 0 Å². The minimum Gasteiger partial charge on any atom is -0.394 e. The maximum absolute atomic E-state index is 13.1. The molecule has 62 heavy (non-hydrogen) atoms. The largest absolute Gasteiger partial charge is 0.394 e. The zero-order valence-electron chi connectivity index (χ0n) is 38.1. The molecule has 362 valence electrons. The van der Waals surface area contributed by atoms with Crippen LogP contribution in [0, 0.1) is 0 Å². The summed E-state index contributed by atoms with van der Waals surface area (Å²) in [6.07, 6.45) is 21.9. The lowest BCUT2D eigenvalue weighted by Crippen LogP contribution is -2.65. The third kappa shape index (κ3) is 22.9. The number of carbonyl (C=O) groups excluding carboxylic acids is 1. The molecule has 9 N–H and O–H groups in total. The van der Waals surface area contributed by atoms with E-state index >= 15 is 0 Å². The van der Waals surface area contributed by atoms with Crippen molar-refractivity contribution >= 4 is 5.91 Å². The first-order valence-corrected chi connectivity index (χ1v) is 24.2. The topological polar surface area (TPSA) is 228 Å². The third-order valence-corrected chi connectivity index (χ3v) is 11.8. The summed E-state index contributed by atoms with van der Waals surface area (Å²) in [5, 5.41) is 86.5. The summed E-state index contributed by atoms with van der Waals surface area (Å²) < 4.78 is 22.6. The van der Waals surface area contributed by atoms with Crippen LogP contribution >= 0.6 is 0 Å². The number of allylic oxidation sites excluding steroid dienone is 5. The number of ether oxygens (including phenoxy) is 4. The van der Waals surface area contributed by atoms with Crippen molar-refractivity contribution in [3.05, 3.63) is 36.5 Å². The van der Waals surface area contributed by atoms with Gasteiger partial charge in [0.25, 0.3) is 0 Å². The molecule has 0 aromatic heterocycles. The highest BCUT2D eigenvalue weighted by Gasteiger charge is 2.51. The van der Waals surface area contributed by atoms with Crippen molar-refractivity contribution in [3.63, 3.8) is 0 Å². The van der Waals surface area contributed by atoms with Crippen LogP contribution in [-0.2, 0) is 23.7 Å². The smallest absolute Gasteiger partial charge is 0.220 e. The van der Waals surface area contributed by atoms with Crippen LogP contribution in [0.2, 0.25) is 0 Å². The van der Waals surface area contributed by atoms with E-state index in [-0.39, 0.29) is 18.9 Å². The third-order valence-electron chi connectivity index (χ3n) is 11.8. The summed E-state index contributed by atoms with van der Waals surface area (Å²) >= 11 is 0. The molecule has 12 unspecified atom stereocenters. The van der Waals surface area contributed by atoms with Crippen molar-refractivity contribution in [3.8, 4) is 0 Å². The molecular weight excluding hydrogens is 799 g/mol. The highest BCUT2D eigenvalue weighted by Crippen LogP contribution is 2.30. The molecule has 0 radical (unpaired) electrons. The summed E-state index contributed by atoms with van der Waals surface area (Å²) in [7, 11) is 0. The van der Waals surface area contributed by atoms with E-state index in [0.29, 0.717) is 12.8 Å². The fraction of sp³-hybridized carbons (Fsp3) is 0.854. The van der Waals surface area contributed by atoms with E-state index in [1.165, 1.54) is 96.3 Å². The summed E-state index contributed by atoms with van der Waals surface area (Å²) in [5.74, 6) is -0.257. The number of carbonyl (C=O) groups is 1. The number of aliphatic hydroxyl groups excluding tert-OH is 8. The predicted molar refractivity (Wildman–Crippen MR) is 240 cm³/mol. The van der Waals surface area contributed by atoms with Gasteiger partial charge in [-0.15, -0.1) is 0 Å². The lowest BCUT2D eigenvalue weighted by atomic mass is 9.97. The van der Waals surface area contributed by atoms with Crippen molar-refractivity contribution in [2.45, 2.75) is 242 Å². The Balaban J connectivity index is 1.87. The Hall–Kier alpha value is -1.79. The molecule has 2 heterocycles. The summed E-state index contributed by atoms with van der Waals surface area (Å²) in [6, 6.07) is -0.930. The predicted octanol–water partition coefficient (Wildman–Crippen LogP) is 5.54. The lowest BCUT2D eigenvalue weighted by Gasteiger charge is -2.46. The molecule has 14 heteroatoms. The molecule has 2 aliphatic rings. The molecule has 0 saturated carbocycles. The van der Waals surface area contributed by atoms with E-state index in [1.54, 1.807) is 6.08 Å². The molecule has 0 aromatic rings. The summed E-state index contributed by atoms with van der Waals surface area (Å²) in [6.45, 7) is 2.71. The zero-order valence-corrected chi connectivity index (χ0v) is 38.1. The molecule has 14 nitrogen and oxygen atoms in total. The molecule has 2 fully saturated rings. The highest BCUT2D eigenvalue weighted by molar-refractivity contribution is 5.76. The van der Waals surface area contributed by atoms with E-state index in [0.717, 1.165) is 38.5 Å². The van der Waals surface area contributed by atoms with Gasteiger partial charge in [-0.05, 0) is 57.8 Å². The number of unbranched alkanes of at least 4 members (excludes halogenated alkanes) is 19. The van der Waals surface area contributed by atoms with E-state index < -0.39 is 86.8 Å². The summed E-state index contributed by atoms with van der Waals surface area (Å²) in [5.41, 5.74) is 0. The van der Waals surface area contributed by atoms with Crippen LogP contribution in [0.5, 0.6) is 0 Å². The first-order chi connectivity index (χ1) is 30.1. The Kier molecular flexibility index (Phi) is 32.2. The van der Waals surface area contributed by atoms with Crippen LogP contribution in [0.25, 0.3) is 0 Å². The highest BCUT2D eigenvalue weighted by atomic mass is 16.7. The minimum absolute atomic E-state index is 0.257. The Labute approximate surface area is 372 Å². The molecule has 1 amide bonds. The van der Waals surface area contributed by atoms with Crippen molar-refractivity contribution in [1.29, 1.82) is 0 Å². The number of aliphatic hydroxyl groups is 8. The molecule has 2 aliphatic heterocycles. The average molecular weight is 886 g/mol. The Bertz CT molecular complexity index is 1190. The standard InChI is InChI=1S/C48H87NO13/c1-3-5-7-9-11-13-15-16-17-18-19-20-22-24-26-28-30-32-40(53)49-36(37(52)31-29-27-25-23-21-14-12-10-8-6-4-2)35-59-47-45(58)43(56)46(39(34-51)61-47)62-48-44(57)42(55)41(54)38(33-50)60-48/h16-17,21,23,29,31,36-39,41-48,50-52,54-58H,3-15,18-20,22,24-28,30,32-35H2,1-2H3,(H,49,53)/b17-16-,23-21+,31-29+. The minimum atomic E-state index is -1.79. The zero-order chi connectivity index (χ0) is 45.4. The van der Waals surface area contributed by atoms with Crippen LogP contribution in [0.1, 0.15) is 168 Å². The quantitative estimate of drug-likeness (QED) is 0.0279. The average Bonchev–Trinajstić information content (AvgIpc) is 3.27. The number of nitrogens with one attached hydrogen (secondary N) is 1. The molecule has 0 aliphatic carbocycles. The van der Waals surface area contributed by atoms with Crippen molar-refractivity contribution in [2.24, 2.45) is 0 Å². The first-order valence-electron chi connectivity index (χ1n) is 24.2. The van der Waals surface area contributed by atoms with Gasteiger partial charge in [0.1, 0.15) is 48.8 Å². The fourth-order valence-corrected chi connectivity index (χ4v) is 7.77. The second kappa shape index (κ2) is 35.5. The molecule has 0 aromatic carbocycles. The SMILES string of the molecule is CCCCCCC/C=C/CC/C=C/C(O)C(COC1OC(CO)C(OC2OC(CO)C(O)C(O)C2O)C(O)C1O)NC(=O)CCCCCCCCC/C=C\CCCCCCCC. The lowest BCUT2D eigenvalue weighted by molar-refractivity contribution is -0.359. The van der Waals surface area contributed by atoms with Crippen LogP contribution in [0.15, 0.2) is 36.5 Å². The number of hydrogen-bond acceptors (Lipinski definition) is 13. The number of amides is 1. The van der Waals surface area contributed by atoms with E-state index in [2.05, 4.69) is 43.5 Å². The maximum Gasteiger partial charge on any atom is 0.220 e. The Morgan fingerprint density at radius 1 is 0.565 bits per heavy atom. The van der Waals surface area contributed by atoms with Crippen LogP contribution in [0.3, 0.4) is 0 Å². The second-order valence-electron chi connectivity index (χ2n) is 17.2. The number of hydrogen-bond donors (Lipinski definition) is 9. The van der Waals surface area contributed by atoms with Crippen molar-refractivity contribution in [1.82, 2.24) is 5.32 Å². The van der Waals surface area contributed by atoms with Crippen LogP contribution in [-0.4, -0.2) is 140 Å². The van der Waals surface area contributed by atoms with Crippen molar-refractivity contribution < 1.29 is 64.6 Å². The van der Waals surface area contributed by atoms with Gasteiger partial charge >= 0.3 is 0 Å². The molecular formula is C48H87NO13. The van der Waals surface area contributed by atoms with Gasteiger partial charge in [0.15, 0.2) is 12.6 Å². The summed E-state index contributed by atoms with van der Waals surface area (Å²) in [4.78, 5) is 13.1. The van der Waals surface area contributed by atoms with Gasteiger partial charge in [0.05, 0.1) is 32.0 Å². The molecule has 0 spiro atoms. The van der Waals surface area contributed by atoms with Gasteiger partial charge in [0, 0.05) is 6.42 Å². The molecule has 2 rings (SSSR count). The van der Waals surface area contributed by atoms with E-state index in [4.69, 9.17) is 18.9 Å². The Morgan fingerprint density at radius 2 is 1.03 bits per heavy atom. The van der Waals surface area contributed by atoms with Gasteiger partial charge in [-0.2, -0.15) is 0 Å². The van der Waals surface area contributed by atoms with Gasteiger partial charge < -0.3 is 65.1 Å². The monoisotopic (exact) mass is 886 g/mol. The molecule has 0 bridgehead atoms. The van der Waals surface area contributed by atoms with Gasteiger partial charge in [-0.3, -0.25) is 4.79 Å². The van der Waals surface area contributed by atoms with E-state index in [9.17, 15) is 45.6 Å². The fourth-order valence-electron chi connectivity index (χ4n) is 7.77. The molecule has 12 atom stereocenters.